The Kier molecular flexibility index (Phi) is 15.3. The van der Waals surface area contributed by atoms with Crippen LogP contribution in [0.25, 0.3) is 0 Å². The predicted octanol–water partition coefficient (Wildman–Crippen LogP) is 8.59. The maximum atomic E-state index is 13.7. The van der Waals surface area contributed by atoms with E-state index in [4.69, 9.17) is 28.4 Å². The number of esters is 2. The van der Waals surface area contributed by atoms with Gasteiger partial charge in [-0.3, -0.25) is 4.79 Å². The Hall–Kier alpha value is -1.48. The van der Waals surface area contributed by atoms with Gasteiger partial charge in [-0.15, -0.1) is 0 Å². The van der Waals surface area contributed by atoms with Gasteiger partial charge in [0.15, 0.2) is 17.2 Å². The summed E-state index contributed by atoms with van der Waals surface area (Å²) in [5.41, 5.74) is -3.00. The van der Waals surface area contributed by atoms with Crippen molar-refractivity contribution in [3.05, 3.63) is 12.2 Å². The van der Waals surface area contributed by atoms with Crippen molar-refractivity contribution >= 4 is 11.9 Å². The first-order chi connectivity index (χ1) is 20.5. The molecule has 44 heavy (non-hydrogen) atoms. The average molecular weight is 625 g/mol. The molecule has 8 heteroatoms. The third-order valence-electron chi connectivity index (χ3n) is 7.98. The SMILES string of the molecule is CCCCCCCCC1(CCCCCC/C=C/[C@@H]2COC(C)(C)O[C@]2(CC(=O)OC(C)(C)C)C(=O)OC(C)(C)C)OCCO1. The van der Waals surface area contributed by atoms with E-state index in [2.05, 4.69) is 13.0 Å². The van der Waals surface area contributed by atoms with Gasteiger partial charge >= 0.3 is 11.9 Å². The van der Waals surface area contributed by atoms with Gasteiger partial charge in [0.25, 0.3) is 0 Å². The van der Waals surface area contributed by atoms with Crippen LogP contribution in [0.4, 0.5) is 0 Å². The van der Waals surface area contributed by atoms with E-state index in [0.29, 0.717) is 13.2 Å². The van der Waals surface area contributed by atoms with Gasteiger partial charge < -0.3 is 28.4 Å². The van der Waals surface area contributed by atoms with E-state index in [9.17, 15) is 9.59 Å². The lowest BCUT2D eigenvalue weighted by molar-refractivity contribution is -0.323. The molecule has 2 aliphatic rings. The van der Waals surface area contributed by atoms with Gasteiger partial charge in [-0.25, -0.2) is 4.79 Å². The zero-order chi connectivity index (χ0) is 32.9. The second-order valence-corrected chi connectivity index (χ2v) is 15.1. The third-order valence-corrected chi connectivity index (χ3v) is 7.98. The first-order valence-electron chi connectivity index (χ1n) is 17.3. The lowest BCUT2D eigenvalue weighted by Crippen LogP contribution is -2.61. The van der Waals surface area contributed by atoms with Crippen molar-refractivity contribution in [3.63, 3.8) is 0 Å². The van der Waals surface area contributed by atoms with Crippen LogP contribution in [-0.2, 0) is 38.0 Å². The molecule has 2 saturated heterocycles. The van der Waals surface area contributed by atoms with Crippen LogP contribution in [-0.4, -0.2) is 60.1 Å². The fourth-order valence-electron chi connectivity index (χ4n) is 5.92. The Morgan fingerprint density at radius 2 is 1.32 bits per heavy atom. The minimum absolute atomic E-state index is 0.228. The van der Waals surface area contributed by atoms with E-state index in [1.165, 1.54) is 38.5 Å². The predicted molar refractivity (Wildman–Crippen MR) is 173 cm³/mol. The van der Waals surface area contributed by atoms with E-state index in [1.54, 1.807) is 34.6 Å². The summed E-state index contributed by atoms with van der Waals surface area (Å²) in [6.07, 6.45) is 18.5. The zero-order valence-electron chi connectivity index (χ0n) is 29.5. The lowest BCUT2D eigenvalue weighted by atomic mass is 9.82. The molecule has 0 radical (unpaired) electrons. The van der Waals surface area contributed by atoms with E-state index < -0.39 is 40.4 Å². The number of hydrogen-bond donors (Lipinski definition) is 0. The van der Waals surface area contributed by atoms with Crippen LogP contribution >= 0.6 is 0 Å². The number of allylic oxidation sites excluding steroid dienone is 1. The molecule has 0 unspecified atom stereocenters. The Morgan fingerprint density at radius 3 is 1.89 bits per heavy atom. The summed E-state index contributed by atoms with van der Waals surface area (Å²) in [5, 5.41) is 0. The molecule has 2 aliphatic heterocycles. The molecule has 0 spiro atoms. The van der Waals surface area contributed by atoms with Crippen molar-refractivity contribution in [2.24, 2.45) is 5.92 Å². The number of hydrogen-bond acceptors (Lipinski definition) is 8. The topological polar surface area (TPSA) is 89.5 Å². The maximum absolute atomic E-state index is 13.7. The highest BCUT2D eigenvalue weighted by atomic mass is 16.7. The summed E-state index contributed by atoms with van der Waals surface area (Å²) < 4.78 is 35.9. The molecular formula is C36H64O8. The largest absolute Gasteiger partial charge is 0.460 e. The summed E-state index contributed by atoms with van der Waals surface area (Å²) >= 11 is 0. The molecular weight excluding hydrogens is 560 g/mol. The van der Waals surface area contributed by atoms with Crippen molar-refractivity contribution < 1.29 is 38.0 Å². The highest BCUT2D eigenvalue weighted by Crippen LogP contribution is 2.41. The average Bonchev–Trinajstić information content (AvgIpc) is 3.35. The van der Waals surface area contributed by atoms with Crippen LogP contribution in [0.15, 0.2) is 12.2 Å². The van der Waals surface area contributed by atoms with Crippen LogP contribution in [0, 0.1) is 5.92 Å². The first-order valence-corrected chi connectivity index (χ1v) is 17.3. The fourth-order valence-corrected chi connectivity index (χ4v) is 5.92. The molecule has 0 bridgehead atoms. The minimum atomic E-state index is -1.56. The fraction of sp³-hybridized carbons (Fsp3) is 0.889. The van der Waals surface area contributed by atoms with Gasteiger partial charge in [-0.1, -0.05) is 64.0 Å². The van der Waals surface area contributed by atoms with Gasteiger partial charge in [0.1, 0.15) is 11.2 Å². The normalized spacial score (nSPS) is 23.6. The molecule has 8 nitrogen and oxygen atoms in total. The quantitative estimate of drug-likeness (QED) is 0.0851. The maximum Gasteiger partial charge on any atom is 0.340 e. The molecule has 256 valence electrons. The van der Waals surface area contributed by atoms with Crippen molar-refractivity contribution in [1.82, 2.24) is 0 Å². The van der Waals surface area contributed by atoms with Gasteiger partial charge in [0.2, 0.25) is 0 Å². The van der Waals surface area contributed by atoms with Crippen LogP contribution in [0.2, 0.25) is 0 Å². The molecule has 0 aliphatic carbocycles. The summed E-state index contributed by atoms with van der Waals surface area (Å²) in [4.78, 5) is 26.8. The highest BCUT2D eigenvalue weighted by Gasteiger charge is 2.57. The van der Waals surface area contributed by atoms with Crippen molar-refractivity contribution in [3.8, 4) is 0 Å². The monoisotopic (exact) mass is 624 g/mol. The number of carbonyl (C=O) groups excluding carboxylic acids is 2. The summed E-state index contributed by atoms with van der Waals surface area (Å²) in [5.74, 6) is -3.03. The van der Waals surface area contributed by atoms with Crippen LogP contribution in [0.5, 0.6) is 0 Å². The first kappa shape index (κ1) is 38.7. The van der Waals surface area contributed by atoms with Crippen LogP contribution in [0.3, 0.4) is 0 Å². The number of carbonyl (C=O) groups is 2. The third kappa shape index (κ3) is 13.9. The number of unbranched alkanes of at least 4 members (excludes halogenated alkanes) is 9. The van der Waals surface area contributed by atoms with Crippen molar-refractivity contribution in [2.45, 2.75) is 181 Å². The molecule has 0 aromatic heterocycles. The van der Waals surface area contributed by atoms with E-state index in [-0.39, 0.29) is 18.8 Å². The minimum Gasteiger partial charge on any atom is -0.460 e. The Balaban J connectivity index is 1.94. The second kappa shape index (κ2) is 17.4. The van der Waals surface area contributed by atoms with Crippen molar-refractivity contribution in [1.29, 1.82) is 0 Å². The van der Waals surface area contributed by atoms with Gasteiger partial charge in [-0.2, -0.15) is 0 Å². The van der Waals surface area contributed by atoms with Crippen LogP contribution < -0.4 is 0 Å². The van der Waals surface area contributed by atoms with E-state index in [0.717, 1.165) is 44.9 Å². The number of rotatable bonds is 18. The molecule has 0 N–H and O–H groups in total. The van der Waals surface area contributed by atoms with Crippen molar-refractivity contribution in [2.75, 3.05) is 19.8 Å². The zero-order valence-corrected chi connectivity index (χ0v) is 29.5. The summed E-state index contributed by atoms with van der Waals surface area (Å²) in [6, 6.07) is 0. The summed E-state index contributed by atoms with van der Waals surface area (Å²) in [6.45, 7) is 18.2. The lowest BCUT2D eigenvalue weighted by Gasteiger charge is -2.47. The number of ether oxygens (including phenoxy) is 6. The molecule has 0 saturated carbocycles. The van der Waals surface area contributed by atoms with E-state index >= 15 is 0 Å². The molecule has 0 aromatic rings. The smallest absolute Gasteiger partial charge is 0.340 e. The molecule has 0 amide bonds. The molecule has 2 rings (SSSR count). The Morgan fingerprint density at radius 1 is 0.773 bits per heavy atom. The Labute approximate surface area is 268 Å². The van der Waals surface area contributed by atoms with E-state index in [1.807, 2.05) is 26.8 Å². The van der Waals surface area contributed by atoms with Gasteiger partial charge in [0.05, 0.1) is 26.2 Å². The van der Waals surface area contributed by atoms with Crippen LogP contribution in [0.1, 0.15) is 152 Å². The molecule has 0 aromatic carbocycles. The molecule has 2 heterocycles. The Bertz CT molecular complexity index is 891. The molecule has 2 atom stereocenters. The molecule has 2 fully saturated rings. The van der Waals surface area contributed by atoms with Gasteiger partial charge in [-0.05, 0) is 81.1 Å². The second-order valence-electron chi connectivity index (χ2n) is 15.1. The summed E-state index contributed by atoms with van der Waals surface area (Å²) in [7, 11) is 0. The standard InChI is InChI=1S/C36H64O8/c1-10-11-12-13-17-20-23-35(39-25-26-40-35)24-21-18-15-14-16-19-22-29-28-41-34(8,9)44-36(29,31(38)43-33(5,6)7)27-30(37)42-32(2,3)4/h19,22,29H,10-18,20-21,23-28H2,1-9H3/b22-19+/t29-,36+/m1/s1. The van der Waals surface area contributed by atoms with Gasteiger partial charge in [0, 0.05) is 18.8 Å². The highest BCUT2D eigenvalue weighted by molar-refractivity contribution is 5.87.